The number of anilines is 1. The number of aryl methyl sites for hydroxylation is 1. The van der Waals surface area contributed by atoms with E-state index in [1.165, 1.54) is 12.4 Å². The number of carbonyl (C=O) groups excluding carboxylic acids is 1. The quantitative estimate of drug-likeness (QED) is 0.763. The molecule has 0 aliphatic rings. The first-order valence-electron chi connectivity index (χ1n) is 5.30. The van der Waals surface area contributed by atoms with Crippen LogP contribution in [0.15, 0.2) is 16.9 Å². The van der Waals surface area contributed by atoms with Gasteiger partial charge in [-0.25, -0.2) is 9.97 Å². The zero-order valence-corrected chi connectivity index (χ0v) is 9.75. The second-order valence-electron chi connectivity index (χ2n) is 3.57. The zero-order chi connectivity index (χ0) is 13.0. The van der Waals surface area contributed by atoms with Gasteiger partial charge in [0.05, 0.1) is 12.4 Å². The van der Waals surface area contributed by atoms with E-state index in [1.807, 2.05) is 0 Å². The van der Waals surface area contributed by atoms with Gasteiger partial charge < -0.3 is 15.6 Å². The van der Waals surface area contributed by atoms with Gasteiger partial charge in [0.15, 0.2) is 5.82 Å². The number of hydrogen-bond donors (Lipinski definition) is 2. The molecule has 0 spiro atoms. The maximum Gasteiger partial charge on any atom is 0.271 e. The summed E-state index contributed by atoms with van der Waals surface area (Å²) in [6.45, 7) is 2.11. The summed E-state index contributed by atoms with van der Waals surface area (Å²) >= 11 is 0. The van der Waals surface area contributed by atoms with Crippen LogP contribution in [0, 0.1) is 6.92 Å². The Bertz CT molecular complexity index is 536. The monoisotopic (exact) mass is 248 g/mol. The topological polar surface area (TPSA) is 120 Å². The summed E-state index contributed by atoms with van der Waals surface area (Å²) in [7, 11) is 0. The highest BCUT2D eigenvalue weighted by Crippen LogP contribution is 1.98. The van der Waals surface area contributed by atoms with Crippen molar-refractivity contribution >= 4 is 11.7 Å². The molecule has 8 nitrogen and oxygen atoms in total. The van der Waals surface area contributed by atoms with Crippen LogP contribution in [0.1, 0.15) is 22.2 Å². The summed E-state index contributed by atoms with van der Waals surface area (Å²) in [6.07, 6.45) is 3.12. The molecule has 0 fully saturated rings. The second kappa shape index (κ2) is 5.21. The molecule has 0 aliphatic heterocycles. The lowest BCUT2D eigenvalue weighted by atomic mass is 10.3. The van der Waals surface area contributed by atoms with Crippen LogP contribution in [-0.2, 0) is 6.42 Å². The summed E-state index contributed by atoms with van der Waals surface area (Å²) in [4.78, 5) is 23.3. The van der Waals surface area contributed by atoms with Crippen molar-refractivity contribution in [3.05, 3.63) is 29.8 Å². The molecule has 0 aliphatic carbocycles. The van der Waals surface area contributed by atoms with E-state index in [0.29, 0.717) is 24.7 Å². The van der Waals surface area contributed by atoms with E-state index in [9.17, 15) is 4.79 Å². The number of nitrogens with two attached hydrogens (primary N) is 1. The third-order valence-corrected chi connectivity index (χ3v) is 2.10. The summed E-state index contributed by atoms with van der Waals surface area (Å²) in [5.41, 5.74) is 5.59. The zero-order valence-electron chi connectivity index (χ0n) is 9.75. The standard InChI is InChI=1S/C10H12N6O2/c1-6-15-9(18-16-6)2-3-12-10(17)7-4-14-8(11)5-13-7/h4-5H,2-3H2,1H3,(H2,11,14)(H,12,17). The molecular weight excluding hydrogens is 236 g/mol. The Hall–Kier alpha value is -2.51. The van der Waals surface area contributed by atoms with Gasteiger partial charge in [0, 0.05) is 13.0 Å². The lowest BCUT2D eigenvalue weighted by molar-refractivity contribution is 0.0948. The van der Waals surface area contributed by atoms with Crippen LogP contribution in [0.4, 0.5) is 5.82 Å². The SMILES string of the molecule is Cc1noc(CCNC(=O)c2cnc(N)cn2)n1. The first kappa shape index (κ1) is 12.0. The van der Waals surface area contributed by atoms with Crippen molar-refractivity contribution < 1.29 is 9.32 Å². The number of nitrogen functional groups attached to an aromatic ring is 1. The number of aromatic nitrogens is 4. The van der Waals surface area contributed by atoms with E-state index in [4.69, 9.17) is 10.3 Å². The predicted octanol–water partition coefficient (Wildman–Crippen LogP) is -0.277. The number of rotatable bonds is 4. The van der Waals surface area contributed by atoms with Crippen LogP contribution < -0.4 is 11.1 Å². The molecule has 0 atom stereocenters. The minimum atomic E-state index is -0.321. The van der Waals surface area contributed by atoms with Crippen LogP contribution in [0.2, 0.25) is 0 Å². The van der Waals surface area contributed by atoms with Gasteiger partial charge in [0.25, 0.3) is 5.91 Å². The van der Waals surface area contributed by atoms with Crippen LogP contribution in [0.3, 0.4) is 0 Å². The van der Waals surface area contributed by atoms with E-state index in [1.54, 1.807) is 6.92 Å². The second-order valence-corrected chi connectivity index (χ2v) is 3.57. The normalized spacial score (nSPS) is 10.3. The van der Waals surface area contributed by atoms with E-state index in [2.05, 4.69) is 25.4 Å². The molecule has 0 radical (unpaired) electrons. The molecule has 0 saturated heterocycles. The third-order valence-electron chi connectivity index (χ3n) is 2.10. The predicted molar refractivity (Wildman–Crippen MR) is 61.5 cm³/mol. The fraction of sp³-hybridized carbons (Fsp3) is 0.300. The fourth-order valence-corrected chi connectivity index (χ4v) is 1.27. The molecule has 0 bridgehead atoms. The highest BCUT2D eigenvalue weighted by atomic mass is 16.5. The smallest absolute Gasteiger partial charge is 0.271 e. The van der Waals surface area contributed by atoms with Crippen LogP contribution in [0.25, 0.3) is 0 Å². The third kappa shape index (κ3) is 3.00. The van der Waals surface area contributed by atoms with Gasteiger partial charge in [-0.05, 0) is 6.92 Å². The van der Waals surface area contributed by atoms with Gasteiger partial charge in [0.1, 0.15) is 11.5 Å². The molecule has 2 rings (SSSR count). The van der Waals surface area contributed by atoms with Crippen molar-refractivity contribution in [2.45, 2.75) is 13.3 Å². The Morgan fingerprint density at radius 1 is 1.44 bits per heavy atom. The molecule has 1 amide bonds. The molecule has 18 heavy (non-hydrogen) atoms. The Labute approximate surface area is 103 Å². The molecule has 94 valence electrons. The van der Waals surface area contributed by atoms with Gasteiger partial charge in [-0.2, -0.15) is 4.98 Å². The molecule has 2 heterocycles. The van der Waals surface area contributed by atoms with Gasteiger partial charge in [-0.15, -0.1) is 0 Å². The Kier molecular flexibility index (Phi) is 3.46. The van der Waals surface area contributed by atoms with Crippen LogP contribution in [0.5, 0.6) is 0 Å². The van der Waals surface area contributed by atoms with Crippen LogP contribution in [-0.4, -0.2) is 32.6 Å². The lowest BCUT2D eigenvalue weighted by Gasteiger charge is -2.02. The van der Waals surface area contributed by atoms with E-state index < -0.39 is 0 Å². The number of hydrogen-bond acceptors (Lipinski definition) is 7. The number of nitrogens with one attached hydrogen (secondary N) is 1. The number of carbonyl (C=O) groups is 1. The maximum absolute atomic E-state index is 11.6. The van der Waals surface area contributed by atoms with Gasteiger partial charge >= 0.3 is 0 Å². The highest BCUT2D eigenvalue weighted by Gasteiger charge is 2.08. The lowest BCUT2D eigenvalue weighted by Crippen LogP contribution is -2.26. The minimum absolute atomic E-state index is 0.214. The Morgan fingerprint density at radius 3 is 2.89 bits per heavy atom. The van der Waals surface area contributed by atoms with Crippen LogP contribution >= 0.6 is 0 Å². The average molecular weight is 248 g/mol. The molecule has 0 saturated carbocycles. The summed E-state index contributed by atoms with van der Waals surface area (Å²) in [6, 6.07) is 0. The van der Waals surface area contributed by atoms with Gasteiger partial charge in [-0.3, -0.25) is 4.79 Å². The van der Waals surface area contributed by atoms with Gasteiger partial charge in [-0.1, -0.05) is 5.16 Å². The van der Waals surface area contributed by atoms with Crippen molar-refractivity contribution in [1.29, 1.82) is 0 Å². The van der Waals surface area contributed by atoms with E-state index in [0.717, 1.165) is 0 Å². The molecule has 8 heteroatoms. The molecular formula is C10H12N6O2. The average Bonchev–Trinajstić information content (AvgIpc) is 2.76. The first-order chi connectivity index (χ1) is 8.65. The molecule has 0 unspecified atom stereocenters. The highest BCUT2D eigenvalue weighted by molar-refractivity contribution is 5.91. The summed E-state index contributed by atoms with van der Waals surface area (Å²) in [5, 5.41) is 6.31. The summed E-state index contributed by atoms with van der Waals surface area (Å²) in [5.74, 6) is 1.00. The minimum Gasteiger partial charge on any atom is -0.382 e. The van der Waals surface area contributed by atoms with Gasteiger partial charge in [0.2, 0.25) is 5.89 Å². The number of nitrogens with zero attached hydrogens (tertiary/aromatic N) is 4. The number of amides is 1. The van der Waals surface area contributed by atoms with Crippen molar-refractivity contribution in [2.24, 2.45) is 0 Å². The fourth-order valence-electron chi connectivity index (χ4n) is 1.27. The maximum atomic E-state index is 11.6. The molecule has 2 aromatic heterocycles. The molecule has 2 aromatic rings. The molecule has 3 N–H and O–H groups in total. The van der Waals surface area contributed by atoms with Crippen molar-refractivity contribution in [3.63, 3.8) is 0 Å². The Morgan fingerprint density at radius 2 is 2.28 bits per heavy atom. The Balaban J connectivity index is 1.83. The van der Waals surface area contributed by atoms with Crippen molar-refractivity contribution in [3.8, 4) is 0 Å². The molecule has 0 aromatic carbocycles. The van der Waals surface area contributed by atoms with E-state index >= 15 is 0 Å². The van der Waals surface area contributed by atoms with Crippen molar-refractivity contribution in [1.82, 2.24) is 25.4 Å². The van der Waals surface area contributed by atoms with E-state index in [-0.39, 0.29) is 17.4 Å². The van der Waals surface area contributed by atoms with Crippen molar-refractivity contribution in [2.75, 3.05) is 12.3 Å². The largest absolute Gasteiger partial charge is 0.382 e. The summed E-state index contributed by atoms with van der Waals surface area (Å²) < 4.78 is 4.91. The first-order valence-corrected chi connectivity index (χ1v) is 5.30.